The van der Waals surface area contributed by atoms with Crippen molar-refractivity contribution in [2.24, 2.45) is 0 Å². The minimum Gasteiger partial charge on any atom is -0.454 e. The minimum absolute atomic E-state index is 0.213. The number of aryl methyl sites for hydroxylation is 5. The maximum absolute atomic E-state index is 12.3. The van der Waals surface area contributed by atoms with Crippen molar-refractivity contribution in [3.63, 3.8) is 0 Å². The van der Waals surface area contributed by atoms with Crippen LogP contribution in [0.4, 0.5) is 0 Å². The second kappa shape index (κ2) is 6.13. The molecule has 0 aliphatic rings. The van der Waals surface area contributed by atoms with Gasteiger partial charge in [-0.15, -0.1) is 0 Å². The number of carbonyl (C=O) groups is 2. The molecule has 0 bridgehead atoms. The molecule has 0 amide bonds. The number of hydrogen-bond donors (Lipinski definition) is 0. The van der Waals surface area contributed by atoms with Crippen LogP contribution in [0.15, 0.2) is 16.7 Å². The van der Waals surface area contributed by atoms with E-state index in [1.165, 1.54) is 0 Å². The number of nitrogens with zero attached hydrogens (tertiary/aromatic N) is 1. The van der Waals surface area contributed by atoms with Crippen LogP contribution in [-0.4, -0.2) is 23.5 Å². The molecule has 0 saturated carbocycles. The Morgan fingerprint density at radius 3 is 2.14 bits per heavy atom. The quantitative estimate of drug-likeness (QED) is 0.640. The molecule has 2 aromatic rings. The normalized spacial score (nSPS) is 10.6. The maximum Gasteiger partial charge on any atom is 0.344 e. The van der Waals surface area contributed by atoms with Crippen LogP contribution in [0.5, 0.6) is 0 Å². The Hall–Kier alpha value is -2.43. The van der Waals surface area contributed by atoms with E-state index in [9.17, 15) is 9.59 Å². The number of carbonyl (C=O) groups excluding carboxylic acids is 2. The van der Waals surface area contributed by atoms with E-state index in [1.807, 2.05) is 32.9 Å². The third kappa shape index (κ3) is 3.08. The molecule has 22 heavy (non-hydrogen) atoms. The highest BCUT2D eigenvalue weighted by Gasteiger charge is 2.21. The molecule has 0 aliphatic carbocycles. The molecule has 0 fully saturated rings. The fraction of sp³-hybridized carbons (Fsp3) is 0.353. The van der Waals surface area contributed by atoms with Crippen LogP contribution in [0.25, 0.3) is 0 Å². The summed E-state index contributed by atoms with van der Waals surface area (Å²) in [6, 6.07) is 3.88. The predicted molar refractivity (Wildman–Crippen MR) is 81.2 cm³/mol. The van der Waals surface area contributed by atoms with Crippen LogP contribution in [0.3, 0.4) is 0 Å². The van der Waals surface area contributed by atoms with E-state index in [2.05, 4.69) is 5.16 Å². The average molecular weight is 301 g/mol. The summed E-state index contributed by atoms with van der Waals surface area (Å²) in [5.41, 5.74) is 4.21. The summed E-state index contributed by atoms with van der Waals surface area (Å²) < 4.78 is 10.0. The maximum atomic E-state index is 12.3. The summed E-state index contributed by atoms with van der Waals surface area (Å²) in [6.07, 6.45) is 0. The van der Waals surface area contributed by atoms with Crippen molar-refractivity contribution in [3.05, 3.63) is 51.4 Å². The Labute approximate surface area is 129 Å². The first-order chi connectivity index (χ1) is 10.3. The third-order valence-corrected chi connectivity index (χ3v) is 3.53. The van der Waals surface area contributed by atoms with Gasteiger partial charge in [-0.25, -0.2) is 4.79 Å². The molecule has 0 spiro atoms. The zero-order chi connectivity index (χ0) is 16.4. The van der Waals surface area contributed by atoms with Gasteiger partial charge in [-0.2, -0.15) is 0 Å². The van der Waals surface area contributed by atoms with Gasteiger partial charge in [0.15, 0.2) is 6.61 Å². The first-order valence-electron chi connectivity index (χ1n) is 7.02. The first-order valence-corrected chi connectivity index (χ1v) is 7.02. The average Bonchev–Trinajstić information content (AvgIpc) is 2.74. The lowest BCUT2D eigenvalue weighted by Gasteiger charge is -2.10. The number of aromatic nitrogens is 1. The second-order valence-electron chi connectivity index (χ2n) is 5.47. The topological polar surface area (TPSA) is 69.4 Å². The van der Waals surface area contributed by atoms with Crippen molar-refractivity contribution >= 4 is 11.8 Å². The molecule has 1 aromatic carbocycles. The Morgan fingerprint density at radius 2 is 1.64 bits per heavy atom. The van der Waals surface area contributed by atoms with E-state index in [1.54, 1.807) is 13.8 Å². The number of hydrogen-bond acceptors (Lipinski definition) is 5. The molecule has 1 heterocycles. The van der Waals surface area contributed by atoms with Crippen molar-refractivity contribution in [2.75, 3.05) is 6.61 Å². The third-order valence-electron chi connectivity index (χ3n) is 3.53. The van der Waals surface area contributed by atoms with Gasteiger partial charge in [0.2, 0.25) is 5.78 Å². The lowest BCUT2D eigenvalue weighted by atomic mass is 9.97. The second-order valence-corrected chi connectivity index (χ2v) is 5.47. The van der Waals surface area contributed by atoms with Crippen molar-refractivity contribution in [3.8, 4) is 0 Å². The SMILES string of the molecule is Cc1cc(C)c(C(=O)COC(=O)c2c(C)noc2C)c(C)c1. The highest BCUT2D eigenvalue weighted by atomic mass is 16.5. The number of rotatable bonds is 4. The molecule has 0 N–H and O–H groups in total. The molecule has 5 nitrogen and oxygen atoms in total. The molecule has 0 atom stereocenters. The zero-order valence-corrected chi connectivity index (χ0v) is 13.4. The van der Waals surface area contributed by atoms with E-state index in [0.717, 1.165) is 16.7 Å². The first kappa shape index (κ1) is 15.9. The molecule has 116 valence electrons. The van der Waals surface area contributed by atoms with Gasteiger partial charge < -0.3 is 9.26 Å². The lowest BCUT2D eigenvalue weighted by Crippen LogP contribution is -2.17. The van der Waals surface area contributed by atoms with Gasteiger partial charge in [-0.1, -0.05) is 22.9 Å². The summed E-state index contributed by atoms with van der Waals surface area (Å²) in [7, 11) is 0. The van der Waals surface area contributed by atoms with Crippen LogP contribution in [0.2, 0.25) is 0 Å². The Morgan fingerprint density at radius 1 is 1.05 bits per heavy atom. The van der Waals surface area contributed by atoms with E-state index in [0.29, 0.717) is 17.0 Å². The van der Waals surface area contributed by atoms with Crippen LogP contribution >= 0.6 is 0 Å². The summed E-state index contributed by atoms with van der Waals surface area (Å²) in [4.78, 5) is 24.4. The Bertz CT molecular complexity index is 701. The van der Waals surface area contributed by atoms with Crippen molar-refractivity contribution < 1.29 is 18.8 Å². The van der Waals surface area contributed by atoms with Crippen molar-refractivity contribution in [1.82, 2.24) is 5.16 Å². The molecule has 0 unspecified atom stereocenters. The fourth-order valence-corrected chi connectivity index (χ4v) is 2.67. The molecular formula is C17H19NO4. The molecule has 0 radical (unpaired) electrons. The smallest absolute Gasteiger partial charge is 0.344 e. The van der Waals surface area contributed by atoms with Gasteiger partial charge in [-0.05, 0) is 45.7 Å². The van der Waals surface area contributed by atoms with Crippen LogP contribution < -0.4 is 0 Å². The zero-order valence-electron chi connectivity index (χ0n) is 13.4. The van der Waals surface area contributed by atoms with Crippen LogP contribution in [0, 0.1) is 34.6 Å². The highest BCUT2D eigenvalue weighted by Crippen LogP contribution is 2.18. The Balaban J connectivity index is 2.13. The van der Waals surface area contributed by atoms with Gasteiger partial charge >= 0.3 is 5.97 Å². The minimum atomic E-state index is -0.591. The van der Waals surface area contributed by atoms with Crippen LogP contribution in [0.1, 0.15) is 48.9 Å². The molecule has 5 heteroatoms. The number of ketones is 1. The summed E-state index contributed by atoms with van der Waals surface area (Å²) in [5.74, 6) is -0.417. The standard InChI is InChI=1S/C17H19NO4/c1-9-6-10(2)15(11(3)7-9)14(19)8-21-17(20)16-12(4)18-22-13(16)5/h6-7H,8H2,1-5H3. The number of esters is 1. The lowest BCUT2D eigenvalue weighted by molar-refractivity contribution is 0.0472. The molecule has 0 aliphatic heterocycles. The van der Waals surface area contributed by atoms with Crippen LogP contribution in [-0.2, 0) is 4.74 Å². The molecular weight excluding hydrogens is 282 g/mol. The summed E-state index contributed by atoms with van der Waals surface area (Å²) >= 11 is 0. The largest absolute Gasteiger partial charge is 0.454 e. The molecule has 1 aromatic heterocycles. The van der Waals surface area contributed by atoms with Gasteiger partial charge in [0, 0.05) is 5.56 Å². The van der Waals surface area contributed by atoms with E-state index in [4.69, 9.17) is 9.26 Å². The van der Waals surface area contributed by atoms with Gasteiger partial charge in [0.05, 0.1) is 5.69 Å². The molecule has 2 rings (SSSR count). The molecule has 0 saturated heterocycles. The van der Waals surface area contributed by atoms with Gasteiger partial charge in [0.25, 0.3) is 0 Å². The predicted octanol–water partition coefficient (Wildman–Crippen LogP) is 3.26. The van der Waals surface area contributed by atoms with Gasteiger partial charge in [-0.3, -0.25) is 4.79 Å². The summed E-state index contributed by atoms with van der Waals surface area (Å²) in [5, 5.41) is 3.70. The monoisotopic (exact) mass is 301 g/mol. The van der Waals surface area contributed by atoms with E-state index >= 15 is 0 Å². The fourth-order valence-electron chi connectivity index (χ4n) is 2.67. The van der Waals surface area contributed by atoms with E-state index in [-0.39, 0.29) is 18.0 Å². The highest BCUT2D eigenvalue weighted by molar-refractivity contribution is 6.01. The van der Waals surface area contributed by atoms with Crippen molar-refractivity contribution in [2.45, 2.75) is 34.6 Å². The van der Waals surface area contributed by atoms with E-state index < -0.39 is 5.97 Å². The number of ether oxygens (including phenoxy) is 1. The number of Topliss-reactive ketones (excluding diaryl/α,β-unsaturated/α-hetero) is 1. The van der Waals surface area contributed by atoms with Crippen molar-refractivity contribution in [1.29, 1.82) is 0 Å². The Kier molecular flexibility index (Phi) is 4.45. The summed E-state index contributed by atoms with van der Waals surface area (Å²) in [6.45, 7) is 8.72. The van der Waals surface area contributed by atoms with Gasteiger partial charge in [0.1, 0.15) is 11.3 Å². The number of benzene rings is 1.